The molecular weight excluding hydrogens is 496 g/mol. The second-order valence-corrected chi connectivity index (χ2v) is 9.84. The summed E-state index contributed by atoms with van der Waals surface area (Å²) in [4.78, 5) is 34.5. The van der Waals surface area contributed by atoms with Gasteiger partial charge < -0.3 is 30.4 Å². The Balaban J connectivity index is 1.53. The number of pyridine rings is 1. The van der Waals surface area contributed by atoms with Gasteiger partial charge in [-0.25, -0.2) is 9.78 Å². The zero-order valence-corrected chi connectivity index (χ0v) is 22.0. The zero-order valence-electron chi connectivity index (χ0n) is 22.0. The van der Waals surface area contributed by atoms with Gasteiger partial charge in [-0.15, -0.1) is 0 Å². The summed E-state index contributed by atoms with van der Waals surface area (Å²) in [6, 6.07) is 16.8. The minimum atomic E-state index is -1.05. The maximum atomic E-state index is 13.7. The number of anilines is 3. The lowest BCUT2D eigenvalue weighted by Crippen LogP contribution is -2.48. The SMILES string of the molecule is COc1ccc(Cn2ccc3nc(N[C@@H]4CCCC[C@@H]4NC(=O)O)nc(Nc4cccc(C)c4)c3c2=O)cc1. The molecular formula is C29H32N6O4. The molecule has 202 valence electrons. The molecule has 2 aromatic carbocycles. The largest absolute Gasteiger partial charge is 0.497 e. The fourth-order valence-corrected chi connectivity index (χ4v) is 5.05. The second-order valence-electron chi connectivity index (χ2n) is 9.84. The average Bonchev–Trinajstić information content (AvgIpc) is 2.91. The highest BCUT2D eigenvalue weighted by Gasteiger charge is 2.27. The number of nitrogens with zero attached hydrogens (tertiary/aromatic N) is 3. The first-order valence-electron chi connectivity index (χ1n) is 13.0. The number of methoxy groups -OCH3 is 1. The Morgan fingerprint density at radius 2 is 1.85 bits per heavy atom. The number of carboxylic acid groups (broad SMARTS) is 1. The van der Waals surface area contributed by atoms with E-state index in [1.54, 1.807) is 17.9 Å². The van der Waals surface area contributed by atoms with Crippen molar-refractivity contribution in [2.45, 2.75) is 51.2 Å². The van der Waals surface area contributed by atoms with E-state index in [4.69, 9.17) is 9.72 Å². The monoisotopic (exact) mass is 528 g/mol. The predicted molar refractivity (Wildman–Crippen MR) is 151 cm³/mol. The summed E-state index contributed by atoms with van der Waals surface area (Å²) in [5, 5.41) is 18.9. The van der Waals surface area contributed by atoms with Gasteiger partial charge in [-0.2, -0.15) is 4.98 Å². The molecule has 0 radical (unpaired) electrons. The number of fused-ring (bicyclic) bond motifs is 1. The van der Waals surface area contributed by atoms with Crippen molar-refractivity contribution in [1.82, 2.24) is 19.9 Å². The quantitative estimate of drug-likeness (QED) is 0.254. The number of aryl methyl sites for hydroxylation is 1. The first-order chi connectivity index (χ1) is 18.9. The van der Waals surface area contributed by atoms with Gasteiger partial charge in [0.25, 0.3) is 5.56 Å². The van der Waals surface area contributed by atoms with E-state index in [9.17, 15) is 14.7 Å². The van der Waals surface area contributed by atoms with E-state index >= 15 is 0 Å². The van der Waals surface area contributed by atoms with Crippen LogP contribution < -0.4 is 26.2 Å². The summed E-state index contributed by atoms with van der Waals surface area (Å²) < 4.78 is 6.88. The first-order valence-corrected chi connectivity index (χ1v) is 13.0. The van der Waals surface area contributed by atoms with Gasteiger partial charge in [0.15, 0.2) is 0 Å². The fourth-order valence-electron chi connectivity index (χ4n) is 5.05. The van der Waals surface area contributed by atoms with Gasteiger partial charge in [0.2, 0.25) is 5.95 Å². The molecule has 0 aliphatic heterocycles. The normalized spacial score (nSPS) is 17.0. The van der Waals surface area contributed by atoms with Crippen LogP contribution in [0.1, 0.15) is 36.8 Å². The second kappa shape index (κ2) is 11.4. The highest BCUT2D eigenvalue weighted by Crippen LogP contribution is 2.26. The van der Waals surface area contributed by atoms with Crippen molar-refractivity contribution in [2.24, 2.45) is 0 Å². The molecule has 2 atom stereocenters. The topological polar surface area (TPSA) is 130 Å². The molecule has 5 rings (SSSR count). The highest BCUT2D eigenvalue weighted by molar-refractivity contribution is 5.91. The van der Waals surface area contributed by atoms with E-state index in [1.165, 1.54) is 0 Å². The summed E-state index contributed by atoms with van der Waals surface area (Å²) in [6.45, 7) is 2.38. The smallest absolute Gasteiger partial charge is 0.404 e. The van der Waals surface area contributed by atoms with E-state index in [-0.39, 0.29) is 17.6 Å². The number of aromatic nitrogens is 3. The van der Waals surface area contributed by atoms with Gasteiger partial charge in [0.1, 0.15) is 17.0 Å². The van der Waals surface area contributed by atoms with Gasteiger partial charge in [-0.3, -0.25) is 4.79 Å². The predicted octanol–water partition coefficient (Wildman–Crippen LogP) is 4.89. The third kappa shape index (κ3) is 6.11. The van der Waals surface area contributed by atoms with Crippen LogP contribution in [-0.4, -0.2) is 44.9 Å². The Labute approximate surface area is 226 Å². The van der Waals surface area contributed by atoms with Crippen LogP contribution in [0.25, 0.3) is 10.9 Å². The Kier molecular flexibility index (Phi) is 7.62. The van der Waals surface area contributed by atoms with Gasteiger partial charge in [-0.1, -0.05) is 37.1 Å². The van der Waals surface area contributed by atoms with Gasteiger partial charge in [0.05, 0.1) is 25.2 Å². The molecule has 0 saturated heterocycles. The minimum absolute atomic E-state index is 0.158. The Hall–Kier alpha value is -4.60. The van der Waals surface area contributed by atoms with Crippen molar-refractivity contribution in [3.05, 3.63) is 82.3 Å². The molecule has 39 heavy (non-hydrogen) atoms. The van der Waals surface area contributed by atoms with Crippen LogP contribution in [0, 0.1) is 6.92 Å². The van der Waals surface area contributed by atoms with Crippen LogP contribution in [0.3, 0.4) is 0 Å². The van der Waals surface area contributed by atoms with Crippen LogP contribution in [0.2, 0.25) is 0 Å². The van der Waals surface area contributed by atoms with E-state index < -0.39 is 6.09 Å². The number of nitrogens with one attached hydrogen (secondary N) is 3. The molecule has 2 heterocycles. The van der Waals surface area contributed by atoms with Crippen LogP contribution in [0.5, 0.6) is 5.75 Å². The third-order valence-electron chi connectivity index (χ3n) is 7.01. The van der Waals surface area contributed by atoms with Crippen molar-refractivity contribution < 1.29 is 14.6 Å². The number of carbonyl (C=O) groups is 1. The zero-order chi connectivity index (χ0) is 27.4. The summed E-state index contributed by atoms with van der Waals surface area (Å²) in [5.74, 6) is 1.48. The van der Waals surface area contributed by atoms with Crippen LogP contribution in [0.4, 0.5) is 22.2 Å². The molecule has 2 aromatic heterocycles. The van der Waals surface area contributed by atoms with Crippen molar-refractivity contribution in [1.29, 1.82) is 0 Å². The minimum Gasteiger partial charge on any atom is -0.497 e. The maximum absolute atomic E-state index is 13.7. The molecule has 1 aliphatic carbocycles. The van der Waals surface area contributed by atoms with Gasteiger partial charge in [0, 0.05) is 17.9 Å². The maximum Gasteiger partial charge on any atom is 0.404 e. The van der Waals surface area contributed by atoms with E-state index in [0.717, 1.165) is 48.2 Å². The Morgan fingerprint density at radius 3 is 2.56 bits per heavy atom. The summed E-state index contributed by atoms with van der Waals surface area (Å²) in [5.41, 5.74) is 3.11. The molecule has 1 aliphatic rings. The molecule has 0 unspecified atom stereocenters. The van der Waals surface area contributed by atoms with E-state index in [0.29, 0.717) is 29.2 Å². The Bertz CT molecular complexity index is 1540. The van der Waals surface area contributed by atoms with Crippen molar-refractivity contribution >= 4 is 34.4 Å². The highest BCUT2D eigenvalue weighted by atomic mass is 16.5. The number of hydrogen-bond donors (Lipinski definition) is 4. The number of amides is 1. The number of ether oxygens (including phenoxy) is 1. The van der Waals surface area contributed by atoms with E-state index in [1.807, 2.05) is 61.5 Å². The first kappa shape index (κ1) is 26.0. The van der Waals surface area contributed by atoms with Crippen molar-refractivity contribution in [2.75, 3.05) is 17.7 Å². The van der Waals surface area contributed by atoms with Crippen LogP contribution in [-0.2, 0) is 6.54 Å². The standard InChI is InChI=1S/C29H32N6O4/c1-18-6-5-7-20(16-18)30-26-25-24(14-15-35(27(25)36)17-19-10-12-21(39-2)13-11-19)32-28(34-26)31-22-8-3-4-9-23(22)33-29(37)38/h5-7,10-16,22-23,33H,3-4,8-9,17H2,1-2H3,(H,37,38)(H2,30,31,32,34)/t22-,23+/m1/s1. The molecule has 1 fully saturated rings. The van der Waals surface area contributed by atoms with Crippen LogP contribution >= 0.6 is 0 Å². The van der Waals surface area contributed by atoms with Crippen LogP contribution in [0.15, 0.2) is 65.6 Å². The lowest BCUT2D eigenvalue weighted by atomic mass is 9.90. The number of hydrogen-bond acceptors (Lipinski definition) is 7. The molecule has 4 aromatic rings. The van der Waals surface area contributed by atoms with Crippen molar-refractivity contribution in [3.8, 4) is 5.75 Å². The van der Waals surface area contributed by atoms with Gasteiger partial charge in [-0.05, 0) is 61.2 Å². The number of rotatable bonds is 8. The van der Waals surface area contributed by atoms with Crippen molar-refractivity contribution in [3.63, 3.8) is 0 Å². The summed E-state index contributed by atoms with van der Waals surface area (Å²) in [7, 11) is 1.62. The molecule has 10 nitrogen and oxygen atoms in total. The fraction of sp³-hybridized carbons (Fsp3) is 0.310. The number of benzene rings is 2. The molecule has 4 N–H and O–H groups in total. The molecule has 1 amide bonds. The average molecular weight is 529 g/mol. The molecule has 0 bridgehead atoms. The van der Waals surface area contributed by atoms with Gasteiger partial charge >= 0.3 is 6.09 Å². The summed E-state index contributed by atoms with van der Waals surface area (Å²) >= 11 is 0. The lowest BCUT2D eigenvalue weighted by molar-refractivity contribution is 0.184. The molecule has 0 spiro atoms. The molecule has 1 saturated carbocycles. The lowest BCUT2D eigenvalue weighted by Gasteiger charge is -2.32. The summed E-state index contributed by atoms with van der Waals surface area (Å²) in [6.07, 6.45) is 4.14. The Morgan fingerprint density at radius 1 is 1.08 bits per heavy atom. The molecule has 10 heteroatoms. The third-order valence-corrected chi connectivity index (χ3v) is 7.01. The van der Waals surface area contributed by atoms with E-state index in [2.05, 4.69) is 20.9 Å².